The van der Waals surface area contributed by atoms with Gasteiger partial charge >= 0.3 is 11.9 Å². The van der Waals surface area contributed by atoms with E-state index < -0.39 is 188 Å². The highest BCUT2D eigenvalue weighted by Crippen LogP contribution is 2.50. The number of hydrogen-bond donors (Lipinski definition) is 11. The Labute approximate surface area is 612 Å². The number of benzene rings is 1. The molecule has 3 unspecified atom stereocenters. The second-order valence-electron chi connectivity index (χ2n) is 30.5. The molecule has 580 valence electrons. The number of nitrogens with zero attached hydrogens (tertiary/aromatic N) is 2. The number of ether oxygens (including phenoxy) is 4. The number of hydrogen-bond acceptors (Lipinski definition) is 19. The van der Waals surface area contributed by atoms with Gasteiger partial charge in [-0.2, -0.15) is 0 Å². The third kappa shape index (κ3) is 22.4. The Morgan fingerprint density at radius 2 is 1.09 bits per heavy atom. The number of unbranched alkanes of at least 4 members (excludes halogenated alkanes) is 3. The summed E-state index contributed by atoms with van der Waals surface area (Å²) in [6.45, 7) is 5.95. The average Bonchev–Trinajstić information content (AvgIpc) is 1.64. The Kier molecular flexibility index (Phi) is 31.5. The molecule has 8 rings (SSSR count). The van der Waals surface area contributed by atoms with Crippen LogP contribution >= 0.6 is 0 Å². The lowest BCUT2D eigenvalue weighted by atomic mass is 9.82. The molecule has 29 nitrogen and oxygen atoms in total. The van der Waals surface area contributed by atoms with Gasteiger partial charge in [0.05, 0.1) is 30.7 Å². The molecule has 2 bridgehead atoms. The highest BCUT2D eigenvalue weighted by Gasteiger charge is 2.46. The number of carbonyl (C=O) groups is 12. The predicted octanol–water partition coefficient (Wildman–Crippen LogP) is 1.50. The van der Waals surface area contributed by atoms with Crippen LogP contribution in [0.1, 0.15) is 187 Å². The van der Waals surface area contributed by atoms with Gasteiger partial charge in [-0.25, -0.2) is 0 Å². The molecule has 2 heterocycles. The minimum absolute atomic E-state index is 0.00487. The van der Waals surface area contributed by atoms with Gasteiger partial charge in [-0.3, -0.25) is 57.5 Å². The third-order valence-electron chi connectivity index (χ3n) is 23.0. The van der Waals surface area contributed by atoms with Crippen molar-refractivity contribution < 1.29 is 76.5 Å². The van der Waals surface area contributed by atoms with E-state index in [1.807, 2.05) is 31.2 Å². The molecule has 14 N–H and O–H groups in total. The van der Waals surface area contributed by atoms with E-state index in [0.29, 0.717) is 76.0 Å². The largest absolute Gasteiger partial charge is 0.460 e. The second kappa shape index (κ2) is 39.9. The zero-order valence-electron chi connectivity index (χ0n) is 62.2. The number of likely N-dealkylation sites (N-methyl/N-ethyl adjacent to an activating group) is 2. The number of amides is 10. The maximum Gasteiger partial charge on any atom is 0.325 e. The fourth-order valence-electron chi connectivity index (χ4n) is 16.5. The summed E-state index contributed by atoms with van der Waals surface area (Å²) in [4.78, 5) is 178. The number of fused-ring (bicyclic) bond motifs is 3. The summed E-state index contributed by atoms with van der Waals surface area (Å²) in [5, 5.41) is 22.0. The third-order valence-corrected chi connectivity index (χ3v) is 23.0. The average molecular weight is 1460 g/mol. The van der Waals surface area contributed by atoms with Crippen LogP contribution in [0.15, 0.2) is 24.3 Å². The van der Waals surface area contributed by atoms with Crippen LogP contribution in [-0.4, -0.2) is 213 Å². The Morgan fingerprint density at radius 3 is 1.63 bits per heavy atom. The van der Waals surface area contributed by atoms with E-state index in [2.05, 4.69) is 49.5 Å². The monoisotopic (exact) mass is 1460 g/mol. The first-order valence-corrected chi connectivity index (χ1v) is 38.6. The Balaban J connectivity index is 1.07. The molecule has 104 heavy (non-hydrogen) atoms. The zero-order chi connectivity index (χ0) is 75.3. The van der Waals surface area contributed by atoms with Crippen molar-refractivity contribution >= 4 is 71.0 Å². The van der Waals surface area contributed by atoms with E-state index in [0.717, 1.165) is 81.8 Å². The van der Waals surface area contributed by atoms with Crippen LogP contribution in [0.3, 0.4) is 0 Å². The molecule has 2 aliphatic heterocycles. The first-order chi connectivity index (χ1) is 49.8. The minimum atomic E-state index is -1.60. The van der Waals surface area contributed by atoms with Gasteiger partial charge in [-0.05, 0) is 144 Å². The number of esters is 2. The predicted molar refractivity (Wildman–Crippen MR) is 384 cm³/mol. The van der Waals surface area contributed by atoms with Crippen LogP contribution in [0, 0.1) is 41.4 Å². The molecule has 0 aromatic heterocycles. The van der Waals surface area contributed by atoms with Gasteiger partial charge < -0.3 is 88.5 Å². The van der Waals surface area contributed by atoms with Gasteiger partial charge in [0.1, 0.15) is 73.6 Å². The summed E-state index contributed by atoms with van der Waals surface area (Å²) in [5.41, 5.74) is 20.5. The molecular weight excluding hydrogens is 1340 g/mol. The number of nitrogens with two attached hydrogens (primary N) is 3. The summed E-state index contributed by atoms with van der Waals surface area (Å²) < 4.78 is 24.6. The lowest BCUT2D eigenvalue weighted by molar-refractivity contribution is -0.159. The topological polar surface area (TPSA) is 423 Å². The van der Waals surface area contributed by atoms with Crippen LogP contribution < -0.4 is 59.7 Å². The van der Waals surface area contributed by atoms with E-state index in [4.69, 9.17) is 36.1 Å². The Bertz CT molecular complexity index is 3100. The summed E-state index contributed by atoms with van der Waals surface area (Å²) in [6, 6.07) is -3.09. The summed E-state index contributed by atoms with van der Waals surface area (Å²) in [7, 11) is 2.97. The van der Waals surface area contributed by atoms with E-state index in [1.165, 1.54) is 30.8 Å². The van der Waals surface area contributed by atoms with Crippen LogP contribution in [0.2, 0.25) is 0 Å². The quantitative estimate of drug-likeness (QED) is 0.0445. The van der Waals surface area contributed by atoms with Crippen LogP contribution in [-0.2, 0) is 89.3 Å². The SMILES string of the molecule is CCCCCC[C@H]1OC(=O)CNC(=O)[C@H]([C@H](C)OCCC[C@H]2C(=O)N[C@@H](C3CCCCCC3)C(=O)N[C@@H](CN)C(=O)N[C@@H](COC3CC(N)C3)C(=O)NCC(=O)O[C@H](CC3CC4CCC3C4)[C@@H](C)C(=O)N2C)NC(=O)[C@H](CN)NC(=O)[C@H](C2Cc3ccccc3C2)NC(=O)[C@H](CCC)N(C)C(=O)[C@@H]1C. The number of nitrogens with one attached hydrogen (secondary N) is 8. The van der Waals surface area contributed by atoms with Crippen molar-refractivity contribution in [2.45, 2.75) is 268 Å². The molecule has 16 atom stereocenters. The van der Waals surface area contributed by atoms with Gasteiger partial charge in [0, 0.05) is 39.8 Å². The number of rotatable bonds is 22. The first-order valence-electron chi connectivity index (χ1n) is 38.6. The first kappa shape index (κ1) is 82.3. The van der Waals surface area contributed by atoms with Crippen molar-refractivity contribution in [1.29, 1.82) is 0 Å². The van der Waals surface area contributed by atoms with Gasteiger partial charge in [-0.1, -0.05) is 110 Å². The van der Waals surface area contributed by atoms with Gasteiger partial charge in [-0.15, -0.1) is 0 Å². The lowest BCUT2D eigenvalue weighted by Crippen LogP contribution is -2.62. The van der Waals surface area contributed by atoms with E-state index in [-0.39, 0.29) is 50.5 Å². The summed E-state index contributed by atoms with van der Waals surface area (Å²) in [5.74, 6) is -10.8. The number of cyclic esters (lactones) is 2. The molecule has 1 aromatic rings. The second-order valence-corrected chi connectivity index (χ2v) is 30.5. The fraction of sp³-hybridized carbons (Fsp3) is 0.760. The smallest absolute Gasteiger partial charge is 0.325 e. The molecular formula is C75H119N13O16. The van der Waals surface area contributed by atoms with E-state index >= 15 is 9.59 Å². The zero-order valence-corrected chi connectivity index (χ0v) is 62.2. The lowest BCUT2D eigenvalue weighted by Gasteiger charge is -2.35. The highest BCUT2D eigenvalue weighted by atomic mass is 16.6. The normalized spacial score (nSPS) is 32.3. The van der Waals surface area contributed by atoms with Crippen molar-refractivity contribution in [3.05, 3.63) is 35.4 Å². The highest BCUT2D eigenvalue weighted by molar-refractivity contribution is 5.98. The van der Waals surface area contributed by atoms with Crippen LogP contribution in [0.4, 0.5) is 0 Å². The molecule has 29 heteroatoms. The molecule has 2 saturated heterocycles. The van der Waals surface area contributed by atoms with Crippen molar-refractivity contribution in [2.24, 2.45) is 58.6 Å². The Hall–Kier alpha value is -7.34. The molecule has 10 amide bonds. The van der Waals surface area contributed by atoms with Crippen molar-refractivity contribution in [3.63, 3.8) is 0 Å². The van der Waals surface area contributed by atoms with Crippen LogP contribution in [0.5, 0.6) is 0 Å². The Morgan fingerprint density at radius 1 is 0.538 bits per heavy atom. The number of carbonyl (C=O) groups excluding carboxylic acids is 12. The summed E-state index contributed by atoms with van der Waals surface area (Å²) >= 11 is 0. The summed E-state index contributed by atoms with van der Waals surface area (Å²) in [6.07, 6.45) is 11.2. The molecule has 1 aromatic carbocycles. The maximum absolute atomic E-state index is 15.4. The minimum Gasteiger partial charge on any atom is -0.460 e. The van der Waals surface area contributed by atoms with E-state index in [1.54, 1.807) is 13.8 Å². The van der Waals surface area contributed by atoms with Crippen molar-refractivity contribution in [3.8, 4) is 0 Å². The fourth-order valence-corrected chi connectivity index (χ4v) is 16.5. The molecule has 5 aliphatic carbocycles. The molecule has 7 aliphatic rings. The van der Waals surface area contributed by atoms with Crippen LogP contribution in [0.25, 0.3) is 0 Å². The molecule has 0 radical (unpaired) electrons. The van der Waals surface area contributed by atoms with Crippen molar-refractivity contribution in [2.75, 3.05) is 53.5 Å². The standard InChI is InChI=1S/C75H119N13O16/c1-8-10-11-16-26-59-42(3)74(99)87(6)57(20-9-2)69(94)86-65(51-32-47-23-17-18-24-48(47)33-51)73(98)82-55(38-77)68(93)84-63(71(96)80-40-61(89)103-59)44(5)101-29-19-25-58-70(95)85-64(46-21-14-12-13-15-22-46)72(97)81-54(37-76)67(92)83-56(41-102-53-35-52(78)36-53)66(91)79-39-62(90)104-60(43(4)75(100)88(58)7)34-50-31-45-27-28-49(50)30-45/h17-18,23-24,42-46,49-60,63-65H,8-16,19-22,25-41,76-78H2,1-7H3,(H,79,91)(H,80,96)(H,81,97)(H,82,98)(H,83,92)(H,84,93)(H,85,95)(H,86,94)/t42-,43-,44+,45?,49?,50?,52?,53?,54+,55+,56+,57+,58+,59-,60-,63+,64+,65+/m1/s1. The van der Waals surface area contributed by atoms with Gasteiger partial charge in [0.25, 0.3) is 0 Å². The maximum atomic E-state index is 15.4. The van der Waals surface area contributed by atoms with Crippen molar-refractivity contribution in [1.82, 2.24) is 52.3 Å². The molecule has 4 saturated carbocycles. The molecule has 0 spiro atoms. The van der Waals surface area contributed by atoms with Gasteiger partial charge in [0.15, 0.2) is 0 Å². The molecule has 6 fully saturated rings. The van der Waals surface area contributed by atoms with E-state index in [9.17, 15) is 47.9 Å². The van der Waals surface area contributed by atoms with Gasteiger partial charge in [0.2, 0.25) is 59.1 Å².